The van der Waals surface area contributed by atoms with E-state index >= 15 is 0 Å². The minimum atomic E-state index is -0.0247. The summed E-state index contributed by atoms with van der Waals surface area (Å²) in [6.45, 7) is 4.61. The monoisotopic (exact) mass is 232 g/mol. The number of benzene rings is 1. The molecule has 1 aromatic rings. The molecule has 1 aromatic carbocycles. The van der Waals surface area contributed by atoms with Crippen LogP contribution in [0.5, 0.6) is 0 Å². The summed E-state index contributed by atoms with van der Waals surface area (Å²) in [7, 11) is 0. The van der Waals surface area contributed by atoms with E-state index in [1.165, 1.54) is 26.2 Å². The second kappa shape index (κ2) is 5.21. The van der Waals surface area contributed by atoms with Crippen LogP contribution in [0.2, 0.25) is 0 Å². The standard InChI is InChI=1S/C14H20N2O/c1-10-8-13(15-9-12-4-3-5-12)6-7-14(10)16-11(2)17/h6-8,12,15H,3-5,9H2,1-2H3,(H,16,17). The SMILES string of the molecule is CC(=O)Nc1ccc(NCC2CCC2)cc1C. The van der Waals surface area contributed by atoms with E-state index in [4.69, 9.17) is 0 Å². The van der Waals surface area contributed by atoms with E-state index in [1.54, 1.807) is 0 Å². The van der Waals surface area contributed by atoms with Crippen molar-refractivity contribution in [3.05, 3.63) is 23.8 Å². The van der Waals surface area contributed by atoms with Crippen LogP contribution in [0.3, 0.4) is 0 Å². The van der Waals surface area contributed by atoms with Crippen LogP contribution in [0.4, 0.5) is 11.4 Å². The molecule has 1 aliphatic carbocycles. The molecule has 2 rings (SSSR count). The van der Waals surface area contributed by atoms with Crippen molar-refractivity contribution in [2.75, 3.05) is 17.2 Å². The molecule has 3 heteroatoms. The van der Waals surface area contributed by atoms with Crippen molar-refractivity contribution in [3.63, 3.8) is 0 Å². The van der Waals surface area contributed by atoms with Crippen LogP contribution in [0, 0.1) is 12.8 Å². The number of carbonyl (C=O) groups is 1. The molecular formula is C14H20N2O. The van der Waals surface area contributed by atoms with Crippen molar-refractivity contribution in [1.82, 2.24) is 0 Å². The largest absolute Gasteiger partial charge is 0.385 e. The van der Waals surface area contributed by atoms with E-state index in [0.29, 0.717) is 0 Å². The molecule has 92 valence electrons. The summed E-state index contributed by atoms with van der Waals surface area (Å²) in [5.74, 6) is 0.827. The van der Waals surface area contributed by atoms with Gasteiger partial charge in [0.25, 0.3) is 0 Å². The average Bonchev–Trinajstić information content (AvgIpc) is 2.19. The molecule has 0 radical (unpaired) electrons. The van der Waals surface area contributed by atoms with Crippen molar-refractivity contribution >= 4 is 17.3 Å². The number of anilines is 2. The van der Waals surface area contributed by atoms with Gasteiger partial charge in [-0.05, 0) is 49.4 Å². The maximum absolute atomic E-state index is 11.0. The topological polar surface area (TPSA) is 41.1 Å². The quantitative estimate of drug-likeness (QED) is 0.837. The Morgan fingerprint density at radius 3 is 2.71 bits per heavy atom. The fourth-order valence-electron chi connectivity index (χ4n) is 2.06. The van der Waals surface area contributed by atoms with E-state index in [0.717, 1.165) is 29.4 Å². The predicted molar refractivity (Wildman–Crippen MR) is 71.3 cm³/mol. The number of rotatable bonds is 4. The van der Waals surface area contributed by atoms with Crippen molar-refractivity contribution in [3.8, 4) is 0 Å². The summed E-state index contributed by atoms with van der Waals surface area (Å²) in [4.78, 5) is 11.0. The van der Waals surface area contributed by atoms with Gasteiger partial charge < -0.3 is 10.6 Å². The minimum absolute atomic E-state index is 0.0247. The highest BCUT2D eigenvalue weighted by Gasteiger charge is 2.16. The van der Waals surface area contributed by atoms with Gasteiger partial charge in [-0.25, -0.2) is 0 Å². The van der Waals surface area contributed by atoms with Crippen LogP contribution in [-0.2, 0) is 4.79 Å². The van der Waals surface area contributed by atoms with E-state index in [2.05, 4.69) is 16.7 Å². The molecule has 0 saturated heterocycles. The Hall–Kier alpha value is -1.51. The van der Waals surface area contributed by atoms with Gasteiger partial charge in [0.05, 0.1) is 0 Å². The van der Waals surface area contributed by atoms with E-state index in [-0.39, 0.29) is 5.91 Å². The Morgan fingerprint density at radius 1 is 1.41 bits per heavy atom. The Balaban J connectivity index is 1.94. The van der Waals surface area contributed by atoms with Gasteiger partial charge in [-0.3, -0.25) is 4.79 Å². The van der Waals surface area contributed by atoms with Crippen molar-refractivity contribution in [2.45, 2.75) is 33.1 Å². The lowest BCUT2D eigenvalue weighted by molar-refractivity contribution is -0.114. The first kappa shape index (κ1) is 12.0. The third-order valence-electron chi connectivity index (χ3n) is 3.36. The fourth-order valence-corrected chi connectivity index (χ4v) is 2.06. The molecule has 1 saturated carbocycles. The second-order valence-electron chi connectivity index (χ2n) is 4.89. The molecule has 1 fully saturated rings. The van der Waals surface area contributed by atoms with Gasteiger partial charge in [-0.2, -0.15) is 0 Å². The van der Waals surface area contributed by atoms with Crippen LogP contribution in [0.15, 0.2) is 18.2 Å². The van der Waals surface area contributed by atoms with Gasteiger partial charge in [0.15, 0.2) is 0 Å². The molecule has 0 aromatic heterocycles. The van der Waals surface area contributed by atoms with Crippen LogP contribution >= 0.6 is 0 Å². The third kappa shape index (κ3) is 3.22. The maximum atomic E-state index is 11.0. The van der Waals surface area contributed by atoms with E-state index in [9.17, 15) is 4.79 Å². The minimum Gasteiger partial charge on any atom is -0.385 e. The molecular weight excluding hydrogens is 212 g/mol. The first-order chi connectivity index (χ1) is 8.15. The van der Waals surface area contributed by atoms with E-state index < -0.39 is 0 Å². The molecule has 3 nitrogen and oxygen atoms in total. The van der Waals surface area contributed by atoms with Crippen molar-refractivity contribution in [1.29, 1.82) is 0 Å². The van der Waals surface area contributed by atoms with Gasteiger partial charge in [0, 0.05) is 24.8 Å². The lowest BCUT2D eigenvalue weighted by atomic mass is 9.85. The average molecular weight is 232 g/mol. The smallest absolute Gasteiger partial charge is 0.221 e. The summed E-state index contributed by atoms with van der Waals surface area (Å²) >= 11 is 0. The first-order valence-corrected chi connectivity index (χ1v) is 6.27. The number of amides is 1. The summed E-state index contributed by atoms with van der Waals surface area (Å²) in [6, 6.07) is 6.07. The zero-order valence-corrected chi connectivity index (χ0v) is 10.5. The van der Waals surface area contributed by atoms with Crippen LogP contribution in [0.25, 0.3) is 0 Å². The molecule has 0 bridgehead atoms. The fraction of sp³-hybridized carbons (Fsp3) is 0.500. The number of hydrogen-bond donors (Lipinski definition) is 2. The zero-order chi connectivity index (χ0) is 12.3. The van der Waals surface area contributed by atoms with Gasteiger partial charge in [-0.1, -0.05) is 6.42 Å². The highest BCUT2D eigenvalue weighted by atomic mass is 16.1. The van der Waals surface area contributed by atoms with Crippen molar-refractivity contribution < 1.29 is 4.79 Å². The molecule has 2 N–H and O–H groups in total. The summed E-state index contributed by atoms with van der Waals surface area (Å²) in [6.07, 6.45) is 4.10. The van der Waals surface area contributed by atoms with Gasteiger partial charge >= 0.3 is 0 Å². The Labute approximate surface area is 103 Å². The van der Waals surface area contributed by atoms with Crippen LogP contribution in [-0.4, -0.2) is 12.5 Å². The highest BCUT2D eigenvalue weighted by molar-refractivity contribution is 5.89. The first-order valence-electron chi connectivity index (χ1n) is 6.27. The summed E-state index contributed by atoms with van der Waals surface area (Å²) < 4.78 is 0. The number of nitrogens with one attached hydrogen (secondary N) is 2. The zero-order valence-electron chi connectivity index (χ0n) is 10.5. The number of hydrogen-bond acceptors (Lipinski definition) is 2. The number of carbonyl (C=O) groups excluding carboxylic acids is 1. The molecule has 0 aliphatic heterocycles. The Kier molecular flexibility index (Phi) is 3.67. The van der Waals surface area contributed by atoms with Crippen LogP contribution < -0.4 is 10.6 Å². The third-order valence-corrected chi connectivity index (χ3v) is 3.36. The highest BCUT2D eigenvalue weighted by Crippen LogP contribution is 2.27. The summed E-state index contributed by atoms with van der Waals surface area (Å²) in [5.41, 5.74) is 3.13. The maximum Gasteiger partial charge on any atom is 0.221 e. The lowest BCUT2D eigenvalue weighted by Gasteiger charge is -2.26. The molecule has 0 heterocycles. The van der Waals surface area contributed by atoms with E-state index in [1.807, 2.05) is 19.1 Å². The normalized spacial score (nSPS) is 15.2. The molecule has 1 aliphatic rings. The molecule has 0 unspecified atom stereocenters. The second-order valence-corrected chi connectivity index (χ2v) is 4.89. The molecule has 0 spiro atoms. The Bertz CT molecular complexity index is 411. The molecule has 0 atom stereocenters. The van der Waals surface area contributed by atoms with Crippen LogP contribution in [0.1, 0.15) is 31.7 Å². The number of aryl methyl sites for hydroxylation is 1. The van der Waals surface area contributed by atoms with Gasteiger partial charge in [-0.15, -0.1) is 0 Å². The van der Waals surface area contributed by atoms with Gasteiger partial charge in [0.2, 0.25) is 5.91 Å². The molecule has 1 amide bonds. The predicted octanol–water partition coefficient (Wildman–Crippen LogP) is 3.17. The Morgan fingerprint density at radius 2 is 2.18 bits per heavy atom. The summed E-state index contributed by atoms with van der Waals surface area (Å²) in [5, 5.41) is 6.28. The van der Waals surface area contributed by atoms with Crippen molar-refractivity contribution in [2.24, 2.45) is 5.92 Å². The van der Waals surface area contributed by atoms with Gasteiger partial charge in [0.1, 0.15) is 0 Å². The molecule has 17 heavy (non-hydrogen) atoms. The lowest BCUT2D eigenvalue weighted by Crippen LogP contribution is -2.20.